The maximum absolute atomic E-state index is 2.28. The average Bonchev–Trinajstić information content (AvgIpc) is 2.93. The van der Waals surface area contributed by atoms with Crippen LogP contribution in [0.5, 0.6) is 0 Å². The molecule has 0 N–H and O–H groups in total. The van der Waals surface area contributed by atoms with Crippen LogP contribution in [-0.4, -0.2) is 4.57 Å². The molecule has 0 saturated carbocycles. The maximum atomic E-state index is 2.28. The molecule has 0 aliphatic carbocycles. The molecule has 1 nitrogen and oxygen atoms in total. The van der Waals surface area contributed by atoms with E-state index in [0.29, 0.717) is 0 Å². The Morgan fingerprint density at radius 3 is 2.71 bits per heavy atom. The Bertz CT molecular complexity index is 851. The van der Waals surface area contributed by atoms with E-state index < -0.39 is 0 Å². The Balaban J connectivity index is 2.45. The summed E-state index contributed by atoms with van der Waals surface area (Å²) >= 11 is 1.81. The smallest absolute Gasteiger partial charge is 0.0495 e. The van der Waals surface area contributed by atoms with Crippen LogP contribution < -0.4 is 0 Å². The number of para-hydroxylation sites is 1. The molecule has 0 unspecified atom stereocenters. The number of rotatable bonds is 0. The molecule has 0 radical (unpaired) electrons. The van der Waals surface area contributed by atoms with E-state index in [1.54, 1.807) is 0 Å². The summed E-state index contributed by atoms with van der Waals surface area (Å²) in [5.41, 5.74) is 2.62. The summed E-state index contributed by atoms with van der Waals surface area (Å²) in [6.07, 6.45) is 0. The van der Waals surface area contributed by atoms with Crippen molar-refractivity contribution in [2.24, 2.45) is 7.05 Å². The highest BCUT2D eigenvalue weighted by molar-refractivity contribution is 7.17. The van der Waals surface area contributed by atoms with Crippen molar-refractivity contribution in [3.05, 3.63) is 47.8 Å². The molecule has 0 fully saturated rings. The van der Waals surface area contributed by atoms with Crippen molar-refractivity contribution in [3.63, 3.8) is 0 Å². The number of thiophene rings is 1. The lowest BCUT2D eigenvalue weighted by Crippen LogP contribution is -1.85. The van der Waals surface area contributed by atoms with E-state index in [9.17, 15) is 0 Å². The molecule has 2 heterocycles. The number of hydrogen-bond acceptors (Lipinski definition) is 1. The van der Waals surface area contributed by atoms with Crippen molar-refractivity contribution < 1.29 is 0 Å². The number of nitrogens with zero attached hydrogens (tertiary/aromatic N) is 1. The SMILES string of the molecule is Cn1c2ccccc2c2c3ccsc3ccc21. The predicted octanol–water partition coefficient (Wildman–Crippen LogP) is 4.55. The topological polar surface area (TPSA) is 4.93 Å². The number of aromatic nitrogens is 1. The number of fused-ring (bicyclic) bond motifs is 5. The number of hydrogen-bond donors (Lipinski definition) is 0. The van der Waals surface area contributed by atoms with Gasteiger partial charge >= 0.3 is 0 Å². The van der Waals surface area contributed by atoms with E-state index in [1.165, 1.54) is 31.9 Å². The molecule has 2 aromatic heterocycles. The monoisotopic (exact) mass is 237 g/mol. The first-order chi connectivity index (χ1) is 8.36. The van der Waals surface area contributed by atoms with E-state index in [4.69, 9.17) is 0 Å². The van der Waals surface area contributed by atoms with Crippen molar-refractivity contribution >= 4 is 43.2 Å². The zero-order chi connectivity index (χ0) is 11.4. The molecule has 4 rings (SSSR count). The van der Waals surface area contributed by atoms with E-state index in [2.05, 4.69) is 59.5 Å². The number of benzene rings is 2. The van der Waals surface area contributed by atoms with Gasteiger partial charge in [-0.1, -0.05) is 18.2 Å². The van der Waals surface area contributed by atoms with Crippen molar-refractivity contribution in [2.75, 3.05) is 0 Å². The summed E-state index contributed by atoms with van der Waals surface area (Å²) in [6.45, 7) is 0. The zero-order valence-electron chi connectivity index (χ0n) is 9.47. The summed E-state index contributed by atoms with van der Waals surface area (Å²) in [4.78, 5) is 0. The first-order valence-corrected chi connectivity index (χ1v) is 6.57. The Kier molecular flexibility index (Phi) is 1.69. The standard InChI is InChI=1S/C15H11NS/c1-16-12-5-3-2-4-10(12)15-11-8-9-17-14(11)7-6-13(15)16/h2-9H,1H3. The Hall–Kier alpha value is -1.80. The first kappa shape index (κ1) is 9.25. The van der Waals surface area contributed by atoms with Crippen LogP contribution in [0.25, 0.3) is 31.9 Å². The molecule has 0 amide bonds. The quantitative estimate of drug-likeness (QED) is 0.423. The molecule has 4 aromatic rings. The largest absolute Gasteiger partial charge is 0.344 e. The Labute approximate surface area is 103 Å². The normalized spacial score (nSPS) is 11.8. The summed E-state index contributed by atoms with van der Waals surface area (Å²) < 4.78 is 3.65. The molecular formula is C15H11NS. The third-order valence-electron chi connectivity index (χ3n) is 3.51. The molecule has 0 spiro atoms. The third-order valence-corrected chi connectivity index (χ3v) is 4.39. The fraction of sp³-hybridized carbons (Fsp3) is 0.0667. The summed E-state index contributed by atoms with van der Waals surface area (Å²) in [5.74, 6) is 0. The minimum atomic E-state index is 1.31. The van der Waals surface area contributed by atoms with Crippen LogP contribution in [0, 0.1) is 0 Å². The zero-order valence-corrected chi connectivity index (χ0v) is 10.3. The fourth-order valence-electron chi connectivity index (χ4n) is 2.70. The Morgan fingerprint density at radius 2 is 1.76 bits per heavy atom. The second-order valence-electron chi connectivity index (χ2n) is 4.37. The van der Waals surface area contributed by atoms with Crippen molar-refractivity contribution in [2.45, 2.75) is 0 Å². The molecule has 82 valence electrons. The van der Waals surface area contributed by atoms with Crippen LogP contribution >= 0.6 is 11.3 Å². The summed E-state index contributed by atoms with van der Waals surface area (Å²) in [6, 6.07) is 15.3. The van der Waals surface area contributed by atoms with Crippen LogP contribution in [-0.2, 0) is 7.05 Å². The lowest BCUT2D eigenvalue weighted by Gasteiger charge is -1.97. The van der Waals surface area contributed by atoms with Gasteiger partial charge in [0, 0.05) is 38.9 Å². The Morgan fingerprint density at radius 1 is 0.882 bits per heavy atom. The highest BCUT2D eigenvalue weighted by Crippen LogP contribution is 2.35. The maximum Gasteiger partial charge on any atom is 0.0495 e. The van der Waals surface area contributed by atoms with Crippen LogP contribution in [0.4, 0.5) is 0 Å². The molecule has 0 aliphatic rings. The lowest BCUT2D eigenvalue weighted by atomic mass is 10.1. The summed E-state index contributed by atoms with van der Waals surface area (Å²) in [5, 5.41) is 6.30. The summed E-state index contributed by atoms with van der Waals surface area (Å²) in [7, 11) is 2.14. The van der Waals surface area contributed by atoms with Gasteiger partial charge in [0.2, 0.25) is 0 Å². The van der Waals surface area contributed by atoms with E-state index in [0.717, 1.165) is 0 Å². The molecule has 0 bridgehead atoms. The highest BCUT2D eigenvalue weighted by atomic mass is 32.1. The van der Waals surface area contributed by atoms with Crippen LogP contribution in [0.15, 0.2) is 47.8 Å². The molecular weight excluding hydrogens is 226 g/mol. The molecule has 0 atom stereocenters. The van der Waals surface area contributed by atoms with Gasteiger partial charge in [0.1, 0.15) is 0 Å². The van der Waals surface area contributed by atoms with Crippen LogP contribution in [0.1, 0.15) is 0 Å². The molecule has 0 aliphatic heterocycles. The third kappa shape index (κ3) is 1.08. The lowest BCUT2D eigenvalue weighted by molar-refractivity contribution is 1.01. The minimum absolute atomic E-state index is 1.31. The second-order valence-corrected chi connectivity index (χ2v) is 5.32. The molecule has 2 aromatic carbocycles. The molecule has 2 heteroatoms. The van der Waals surface area contributed by atoms with Gasteiger partial charge in [-0.25, -0.2) is 0 Å². The van der Waals surface area contributed by atoms with Crippen molar-refractivity contribution in [1.82, 2.24) is 4.57 Å². The van der Waals surface area contributed by atoms with Gasteiger partial charge in [-0.05, 0) is 29.6 Å². The van der Waals surface area contributed by atoms with E-state index in [-0.39, 0.29) is 0 Å². The van der Waals surface area contributed by atoms with E-state index >= 15 is 0 Å². The average molecular weight is 237 g/mol. The van der Waals surface area contributed by atoms with Gasteiger partial charge in [0.25, 0.3) is 0 Å². The van der Waals surface area contributed by atoms with E-state index in [1.807, 2.05) is 11.3 Å². The molecule has 17 heavy (non-hydrogen) atoms. The van der Waals surface area contributed by atoms with Gasteiger partial charge in [0.05, 0.1) is 0 Å². The number of aryl methyl sites for hydroxylation is 1. The van der Waals surface area contributed by atoms with Crippen molar-refractivity contribution in [3.8, 4) is 0 Å². The van der Waals surface area contributed by atoms with Gasteiger partial charge in [0.15, 0.2) is 0 Å². The van der Waals surface area contributed by atoms with Gasteiger partial charge < -0.3 is 4.57 Å². The minimum Gasteiger partial charge on any atom is -0.344 e. The fourth-order valence-corrected chi connectivity index (χ4v) is 3.50. The highest BCUT2D eigenvalue weighted by Gasteiger charge is 2.10. The van der Waals surface area contributed by atoms with Gasteiger partial charge in [-0.2, -0.15) is 0 Å². The molecule has 0 saturated heterocycles. The second kappa shape index (κ2) is 3.11. The van der Waals surface area contributed by atoms with Crippen LogP contribution in [0.2, 0.25) is 0 Å². The van der Waals surface area contributed by atoms with Gasteiger partial charge in [-0.3, -0.25) is 0 Å². The van der Waals surface area contributed by atoms with Crippen molar-refractivity contribution in [1.29, 1.82) is 0 Å². The predicted molar refractivity (Wildman–Crippen MR) is 75.8 cm³/mol. The first-order valence-electron chi connectivity index (χ1n) is 5.69. The van der Waals surface area contributed by atoms with Gasteiger partial charge in [-0.15, -0.1) is 11.3 Å². The van der Waals surface area contributed by atoms with Crippen LogP contribution in [0.3, 0.4) is 0 Å².